The average molecular weight is 441 g/mol. The lowest BCUT2D eigenvalue weighted by Crippen LogP contribution is -2.43. The van der Waals surface area contributed by atoms with E-state index in [-0.39, 0.29) is 24.0 Å². The maximum Gasteiger partial charge on any atom is 0.191 e. The van der Waals surface area contributed by atoms with Crippen LogP contribution >= 0.6 is 24.0 Å². The van der Waals surface area contributed by atoms with Gasteiger partial charge >= 0.3 is 0 Å². The number of nitrogens with one attached hydrogen (secondary N) is 2. The minimum atomic E-state index is 0. The minimum Gasteiger partial charge on any atom is -0.355 e. The molecule has 24 heavy (non-hydrogen) atoms. The predicted molar refractivity (Wildman–Crippen MR) is 111 cm³/mol. The quantitative estimate of drug-likeness (QED) is 0.395. The van der Waals surface area contributed by atoms with Crippen molar-refractivity contribution in [1.82, 2.24) is 20.4 Å². The third kappa shape index (κ3) is 7.33. The molecule has 0 aliphatic heterocycles. The summed E-state index contributed by atoms with van der Waals surface area (Å²) in [6.45, 7) is 5.86. The van der Waals surface area contributed by atoms with Crippen LogP contribution in [0.5, 0.6) is 0 Å². The molecular formula is C18H28IN5. The van der Waals surface area contributed by atoms with Crippen molar-refractivity contribution in [2.75, 3.05) is 13.6 Å². The van der Waals surface area contributed by atoms with E-state index >= 15 is 0 Å². The van der Waals surface area contributed by atoms with E-state index in [4.69, 9.17) is 0 Å². The second kappa shape index (κ2) is 11.1. The van der Waals surface area contributed by atoms with Gasteiger partial charge in [-0.15, -0.1) is 24.0 Å². The number of hydrogen-bond donors (Lipinski definition) is 2. The van der Waals surface area contributed by atoms with Crippen molar-refractivity contribution in [1.29, 1.82) is 0 Å². The monoisotopic (exact) mass is 441 g/mol. The van der Waals surface area contributed by atoms with E-state index in [2.05, 4.69) is 58.0 Å². The van der Waals surface area contributed by atoms with Gasteiger partial charge in [0.1, 0.15) is 0 Å². The van der Waals surface area contributed by atoms with Crippen molar-refractivity contribution in [3.8, 4) is 0 Å². The molecule has 1 heterocycles. The first kappa shape index (κ1) is 20.5. The molecule has 1 aromatic carbocycles. The molecule has 0 aliphatic rings. The SMILES string of the molecule is CN=C(NCCn1cc(C)cn1)NC(C)CCc1ccccc1.I. The van der Waals surface area contributed by atoms with Crippen LogP contribution in [0.2, 0.25) is 0 Å². The normalized spacial score (nSPS) is 12.4. The van der Waals surface area contributed by atoms with Crippen LogP contribution in [0.15, 0.2) is 47.7 Å². The van der Waals surface area contributed by atoms with Gasteiger partial charge in [0, 0.05) is 25.8 Å². The summed E-state index contributed by atoms with van der Waals surface area (Å²) in [6.07, 6.45) is 6.06. The Morgan fingerprint density at radius 3 is 2.67 bits per heavy atom. The molecule has 132 valence electrons. The number of guanidine groups is 1. The van der Waals surface area contributed by atoms with Crippen molar-refractivity contribution in [2.24, 2.45) is 4.99 Å². The Labute approximate surface area is 162 Å². The lowest BCUT2D eigenvalue weighted by molar-refractivity contribution is 0.571. The lowest BCUT2D eigenvalue weighted by Gasteiger charge is -2.18. The summed E-state index contributed by atoms with van der Waals surface area (Å²) in [4.78, 5) is 4.28. The number of aromatic nitrogens is 2. The van der Waals surface area contributed by atoms with Gasteiger partial charge in [-0.2, -0.15) is 5.10 Å². The van der Waals surface area contributed by atoms with Crippen LogP contribution < -0.4 is 10.6 Å². The van der Waals surface area contributed by atoms with Gasteiger partial charge in [0.05, 0.1) is 12.7 Å². The molecule has 1 aromatic heterocycles. The third-order valence-electron chi connectivity index (χ3n) is 3.71. The molecule has 0 saturated carbocycles. The maximum atomic E-state index is 4.28. The Hall–Kier alpha value is -1.57. The van der Waals surface area contributed by atoms with E-state index in [1.807, 2.05) is 24.0 Å². The van der Waals surface area contributed by atoms with Gasteiger partial charge in [0.25, 0.3) is 0 Å². The van der Waals surface area contributed by atoms with Crippen molar-refractivity contribution in [2.45, 2.75) is 39.3 Å². The summed E-state index contributed by atoms with van der Waals surface area (Å²) in [5.74, 6) is 0.842. The average Bonchev–Trinajstić information content (AvgIpc) is 2.98. The second-order valence-electron chi connectivity index (χ2n) is 5.85. The van der Waals surface area contributed by atoms with E-state index in [0.717, 1.165) is 31.9 Å². The van der Waals surface area contributed by atoms with Gasteiger partial charge < -0.3 is 10.6 Å². The van der Waals surface area contributed by atoms with E-state index in [0.29, 0.717) is 6.04 Å². The van der Waals surface area contributed by atoms with Crippen LogP contribution in [-0.4, -0.2) is 35.4 Å². The first-order valence-electron chi connectivity index (χ1n) is 8.17. The molecule has 0 spiro atoms. The van der Waals surface area contributed by atoms with Crippen LogP contribution in [0.1, 0.15) is 24.5 Å². The first-order valence-corrected chi connectivity index (χ1v) is 8.17. The molecule has 1 atom stereocenters. The summed E-state index contributed by atoms with van der Waals surface area (Å²) in [5, 5.41) is 11.1. The number of nitrogens with zero attached hydrogens (tertiary/aromatic N) is 3. The van der Waals surface area contributed by atoms with Gasteiger partial charge in [0.15, 0.2) is 5.96 Å². The number of aliphatic imine (C=N–C) groups is 1. The molecule has 2 N–H and O–H groups in total. The Morgan fingerprint density at radius 2 is 2.04 bits per heavy atom. The Morgan fingerprint density at radius 1 is 1.29 bits per heavy atom. The van der Waals surface area contributed by atoms with Crippen molar-refractivity contribution >= 4 is 29.9 Å². The molecule has 0 saturated heterocycles. The summed E-state index contributed by atoms with van der Waals surface area (Å²) in [7, 11) is 1.80. The van der Waals surface area contributed by atoms with Crippen molar-refractivity contribution < 1.29 is 0 Å². The smallest absolute Gasteiger partial charge is 0.191 e. The second-order valence-corrected chi connectivity index (χ2v) is 5.85. The molecule has 5 nitrogen and oxygen atoms in total. The highest BCUT2D eigenvalue weighted by atomic mass is 127. The fourth-order valence-electron chi connectivity index (χ4n) is 2.41. The third-order valence-corrected chi connectivity index (χ3v) is 3.71. The fourth-order valence-corrected chi connectivity index (χ4v) is 2.41. The molecule has 6 heteroatoms. The summed E-state index contributed by atoms with van der Waals surface area (Å²) in [6, 6.07) is 10.9. The number of hydrogen-bond acceptors (Lipinski definition) is 2. The van der Waals surface area contributed by atoms with Crippen LogP contribution in [0, 0.1) is 6.92 Å². The van der Waals surface area contributed by atoms with Gasteiger partial charge in [-0.3, -0.25) is 9.67 Å². The highest BCUT2D eigenvalue weighted by Gasteiger charge is 2.05. The number of benzene rings is 1. The zero-order chi connectivity index (χ0) is 16.5. The molecule has 0 fully saturated rings. The molecule has 0 aliphatic carbocycles. The van der Waals surface area contributed by atoms with Crippen LogP contribution in [0.3, 0.4) is 0 Å². The Bertz CT molecular complexity index is 609. The van der Waals surface area contributed by atoms with Crippen molar-refractivity contribution in [3.05, 3.63) is 53.9 Å². The van der Waals surface area contributed by atoms with E-state index in [1.165, 1.54) is 11.1 Å². The first-order chi connectivity index (χ1) is 11.2. The van der Waals surface area contributed by atoms with Crippen molar-refractivity contribution in [3.63, 3.8) is 0 Å². The van der Waals surface area contributed by atoms with E-state index in [9.17, 15) is 0 Å². The van der Waals surface area contributed by atoms with Gasteiger partial charge in [-0.25, -0.2) is 0 Å². The van der Waals surface area contributed by atoms with Crippen LogP contribution in [-0.2, 0) is 13.0 Å². The van der Waals surface area contributed by atoms with E-state index < -0.39 is 0 Å². The Balaban J connectivity index is 0.00000288. The highest BCUT2D eigenvalue weighted by Crippen LogP contribution is 2.04. The summed E-state index contributed by atoms with van der Waals surface area (Å²) < 4.78 is 1.94. The van der Waals surface area contributed by atoms with Crippen LogP contribution in [0.4, 0.5) is 0 Å². The molecule has 0 amide bonds. The van der Waals surface area contributed by atoms with E-state index in [1.54, 1.807) is 7.05 Å². The fraction of sp³-hybridized carbons (Fsp3) is 0.444. The van der Waals surface area contributed by atoms with Gasteiger partial charge in [-0.1, -0.05) is 30.3 Å². The Kier molecular flexibility index (Phi) is 9.44. The summed E-state index contributed by atoms with van der Waals surface area (Å²) in [5.41, 5.74) is 2.56. The molecule has 0 bridgehead atoms. The highest BCUT2D eigenvalue weighted by molar-refractivity contribution is 14.0. The van der Waals surface area contributed by atoms with Gasteiger partial charge in [0.2, 0.25) is 0 Å². The number of aryl methyl sites for hydroxylation is 2. The maximum absolute atomic E-state index is 4.28. The molecule has 1 unspecified atom stereocenters. The number of rotatable bonds is 7. The zero-order valence-corrected chi connectivity index (χ0v) is 17.0. The summed E-state index contributed by atoms with van der Waals surface area (Å²) >= 11 is 0. The zero-order valence-electron chi connectivity index (χ0n) is 14.7. The van der Waals surface area contributed by atoms with Crippen LogP contribution in [0.25, 0.3) is 0 Å². The van der Waals surface area contributed by atoms with Gasteiger partial charge in [-0.05, 0) is 37.8 Å². The number of halogens is 1. The topological polar surface area (TPSA) is 54.2 Å². The minimum absolute atomic E-state index is 0. The molecule has 0 radical (unpaired) electrons. The molecular weight excluding hydrogens is 413 g/mol. The largest absolute Gasteiger partial charge is 0.355 e. The molecule has 2 rings (SSSR count). The molecule has 2 aromatic rings. The predicted octanol–water partition coefficient (Wildman–Crippen LogP) is 3.00. The standard InChI is InChI=1S/C18H27N5.HI/c1-15-13-21-23(14-15)12-11-20-18(19-3)22-16(2)9-10-17-7-5-4-6-8-17;/h4-8,13-14,16H,9-12H2,1-3H3,(H2,19,20,22);1H. The lowest BCUT2D eigenvalue weighted by atomic mass is 10.1.